The number of urea groups is 1. The molecule has 10 heteroatoms. The topological polar surface area (TPSA) is 112 Å². The van der Waals surface area contributed by atoms with Crippen LogP contribution >= 0.6 is 11.6 Å². The first-order valence-electron chi connectivity index (χ1n) is 12.6. The van der Waals surface area contributed by atoms with E-state index in [-0.39, 0.29) is 25.2 Å². The third kappa shape index (κ3) is 9.14. The van der Waals surface area contributed by atoms with Gasteiger partial charge >= 0.3 is 12.1 Å². The van der Waals surface area contributed by atoms with Gasteiger partial charge in [-0.25, -0.2) is 9.59 Å². The largest absolute Gasteiger partial charge is 0.465 e. The van der Waals surface area contributed by atoms with Crippen molar-refractivity contribution in [2.75, 3.05) is 46.4 Å². The van der Waals surface area contributed by atoms with Gasteiger partial charge in [0.2, 0.25) is 0 Å². The summed E-state index contributed by atoms with van der Waals surface area (Å²) in [6.45, 7) is 2.31. The van der Waals surface area contributed by atoms with Gasteiger partial charge in [0.05, 0.1) is 19.8 Å². The number of carboxylic acid groups (broad SMARTS) is 1. The molecule has 2 fully saturated rings. The van der Waals surface area contributed by atoms with Crippen molar-refractivity contribution in [2.45, 2.75) is 56.8 Å². The molecular weight excluding hydrogens is 472 g/mol. The molecule has 3 amide bonds. The van der Waals surface area contributed by atoms with Gasteiger partial charge in [-0.2, -0.15) is 0 Å². The molecule has 1 aliphatic carbocycles. The molecule has 35 heavy (non-hydrogen) atoms. The molecule has 1 saturated carbocycles. The number of carbonyl (C=O) groups excluding carboxylic acids is 1. The molecule has 3 unspecified atom stereocenters. The summed E-state index contributed by atoms with van der Waals surface area (Å²) in [5.74, 6) is 0.667. The van der Waals surface area contributed by atoms with Gasteiger partial charge in [0.15, 0.2) is 0 Å². The number of rotatable bonds is 11. The summed E-state index contributed by atoms with van der Waals surface area (Å²) in [4.78, 5) is 25.8. The highest BCUT2D eigenvalue weighted by Gasteiger charge is 2.33. The highest BCUT2D eigenvalue weighted by molar-refractivity contribution is 6.30. The molecule has 9 nitrogen and oxygen atoms in total. The van der Waals surface area contributed by atoms with E-state index >= 15 is 0 Å². The third-order valence-electron chi connectivity index (χ3n) is 6.69. The van der Waals surface area contributed by atoms with E-state index in [0.29, 0.717) is 30.6 Å². The fourth-order valence-corrected chi connectivity index (χ4v) is 5.22. The Kier molecular flexibility index (Phi) is 11.4. The first-order valence-corrected chi connectivity index (χ1v) is 13.0. The van der Waals surface area contributed by atoms with Crippen LogP contribution in [0.5, 0.6) is 0 Å². The molecular formula is C25H39ClN4O5. The maximum atomic E-state index is 13.2. The van der Waals surface area contributed by atoms with Crippen molar-refractivity contribution in [3.8, 4) is 0 Å². The van der Waals surface area contributed by atoms with Gasteiger partial charge in [0.25, 0.3) is 0 Å². The normalized spacial score (nSPS) is 20.7. The highest BCUT2D eigenvalue weighted by atomic mass is 35.5. The summed E-state index contributed by atoms with van der Waals surface area (Å²) in [6.07, 6.45) is 5.35. The lowest BCUT2D eigenvalue weighted by atomic mass is 9.85. The molecule has 3 atom stereocenters. The molecule has 196 valence electrons. The number of benzene rings is 1. The van der Waals surface area contributed by atoms with E-state index in [2.05, 4.69) is 16.0 Å². The first kappa shape index (κ1) is 27.5. The van der Waals surface area contributed by atoms with Gasteiger partial charge in [0.1, 0.15) is 12.2 Å². The second kappa shape index (κ2) is 14.5. The SMILES string of the molecule is CNCC(CC1CCCCC1)NC(=O)N1CCOC(C(OCCNC(=O)O)c2cccc(Cl)c2)C1. The van der Waals surface area contributed by atoms with E-state index in [9.17, 15) is 9.59 Å². The summed E-state index contributed by atoms with van der Waals surface area (Å²) in [7, 11) is 1.91. The fraction of sp³-hybridized carbons (Fsp3) is 0.680. The van der Waals surface area contributed by atoms with E-state index < -0.39 is 18.3 Å². The maximum Gasteiger partial charge on any atom is 0.404 e. The number of carbonyl (C=O) groups is 2. The van der Waals surface area contributed by atoms with E-state index in [1.54, 1.807) is 11.0 Å². The van der Waals surface area contributed by atoms with Crippen LogP contribution < -0.4 is 16.0 Å². The van der Waals surface area contributed by atoms with E-state index in [1.807, 2.05) is 25.2 Å². The summed E-state index contributed by atoms with van der Waals surface area (Å²) >= 11 is 6.21. The number of morpholine rings is 1. The Bertz CT molecular complexity index is 808. The molecule has 4 N–H and O–H groups in total. The van der Waals surface area contributed by atoms with Crippen molar-refractivity contribution in [3.63, 3.8) is 0 Å². The smallest absolute Gasteiger partial charge is 0.404 e. The van der Waals surface area contributed by atoms with Crippen LogP contribution in [-0.2, 0) is 9.47 Å². The quantitative estimate of drug-likeness (QED) is 0.338. The Morgan fingerprint density at radius 1 is 1.29 bits per heavy atom. The zero-order valence-corrected chi connectivity index (χ0v) is 21.3. The van der Waals surface area contributed by atoms with E-state index in [1.165, 1.54) is 32.1 Å². The number of amides is 3. The molecule has 1 aromatic carbocycles. The zero-order valence-electron chi connectivity index (χ0n) is 20.5. The van der Waals surface area contributed by atoms with Crippen molar-refractivity contribution in [2.24, 2.45) is 5.92 Å². The minimum Gasteiger partial charge on any atom is -0.465 e. The summed E-state index contributed by atoms with van der Waals surface area (Å²) < 4.78 is 12.1. The van der Waals surface area contributed by atoms with Crippen LogP contribution in [0.15, 0.2) is 24.3 Å². The third-order valence-corrected chi connectivity index (χ3v) is 6.93. The van der Waals surface area contributed by atoms with Crippen LogP contribution in [-0.4, -0.2) is 80.7 Å². The van der Waals surface area contributed by atoms with Crippen LogP contribution in [0, 0.1) is 5.92 Å². The van der Waals surface area contributed by atoms with Gasteiger partial charge < -0.3 is 35.4 Å². The number of hydrogen-bond acceptors (Lipinski definition) is 5. The van der Waals surface area contributed by atoms with Gasteiger partial charge in [-0.3, -0.25) is 0 Å². The number of likely N-dealkylation sites (N-methyl/N-ethyl adjacent to an activating group) is 1. The average Bonchev–Trinajstić information content (AvgIpc) is 2.84. The predicted molar refractivity (Wildman–Crippen MR) is 135 cm³/mol. The van der Waals surface area contributed by atoms with Gasteiger partial charge in [-0.15, -0.1) is 0 Å². The average molecular weight is 511 g/mol. The molecule has 0 radical (unpaired) electrons. The van der Waals surface area contributed by atoms with Gasteiger partial charge in [-0.1, -0.05) is 55.8 Å². The molecule has 1 heterocycles. The van der Waals surface area contributed by atoms with Crippen LogP contribution in [0.4, 0.5) is 9.59 Å². The van der Waals surface area contributed by atoms with Crippen molar-refractivity contribution >= 4 is 23.7 Å². The first-order chi connectivity index (χ1) is 17.0. The molecule has 1 aliphatic heterocycles. The minimum atomic E-state index is -1.10. The fourth-order valence-electron chi connectivity index (χ4n) is 5.02. The van der Waals surface area contributed by atoms with Crippen molar-refractivity contribution in [1.29, 1.82) is 0 Å². The Morgan fingerprint density at radius 2 is 2.09 bits per heavy atom. The van der Waals surface area contributed by atoms with Crippen LogP contribution in [0.3, 0.4) is 0 Å². The van der Waals surface area contributed by atoms with Crippen molar-refractivity contribution in [1.82, 2.24) is 20.9 Å². The van der Waals surface area contributed by atoms with E-state index in [0.717, 1.165) is 18.5 Å². The Morgan fingerprint density at radius 3 is 2.80 bits per heavy atom. The zero-order chi connectivity index (χ0) is 25.0. The monoisotopic (exact) mass is 510 g/mol. The Balaban J connectivity index is 1.62. The Hall–Kier alpha value is -2.07. The van der Waals surface area contributed by atoms with Crippen molar-refractivity contribution in [3.05, 3.63) is 34.9 Å². The minimum absolute atomic E-state index is 0.0824. The number of hydrogen-bond donors (Lipinski definition) is 4. The lowest BCUT2D eigenvalue weighted by molar-refractivity contribution is -0.105. The molecule has 0 spiro atoms. The lowest BCUT2D eigenvalue weighted by Crippen LogP contribution is -2.54. The van der Waals surface area contributed by atoms with Crippen molar-refractivity contribution < 1.29 is 24.2 Å². The molecule has 3 rings (SSSR count). The van der Waals surface area contributed by atoms with E-state index in [4.69, 9.17) is 26.2 Å². The second-order valence-electron chi connectivity index (χ2n) is 9.38. The van der Waals surface area contributed by atoms with Gasteiger partial charge in [-0.05, 0) is 37.1 Å². The predicted octanol–water partition coefficient (Wildman–Crippen LogP) is 3.63. The number of nitrogens with one attached hydrogen (secondary N) is 3. The molecule has 1 aromatic rings. The second-order valence-corrected chi connectivity index (χ2v) is 9.81. The summed E-state index contributed by atoms with van der Waals surface area (Å²) in [5, 5.41) is 18.2. The lowest BCUT2D eigenvalue weighted by Gasteiger charge is -2.38. The van der Waals surface area contributed by atoms with Gasteiger partial charge in [0, 0.05) is 30.7 Å². The van der Waals surface area contributed by atoms with Crippen LogP contribution in [0.2, 0.25) is 5.02 Å². The maximum absolute atomic E-state index is 13.2. The molecule has 0 aromatic heterocycles. The number of halogens is 1. The standard InChI is InChI=1S/C25H39ClN4O5/c1-27-16-21(14-18-6-3-2-4-7-18)29-24(31)30-11-13-34-22(17-30)23(35-12-10-28-25(32)33)19-8-5-9-20(26)15-19/h5,8-9,15,18,21-23,27-28H,2-4,6-7,10-14,16-17H2,1H3,(H,29,31)(H,32,33). The molecule has 0 bridgehead atoms. The van der Waals surface area contributed by atoms with Crippen LogP contribution in [0.25, 0.3) is 0 Å². The number of ether oxygens (including phenoxy) is 2. The summed E-state index contributed by atoms with van der Waals surface area (Å²) in [6, 6.07) is 7.32. The Labute approximate surface area is 212 Å². The summed E-state index contributed by atoms with van der Waals surface area (Å²) in [5.41, 5.74) is 0.824. The van der Waals surface area contributed by atoms with Crippen LogP contribution in [0.1, 0.15) is 50.2 Å². The molecule has 1 saturated heterocycles. The number of nitrogens with zero attached hydrogens (tertiary/aromatic N) is 1. The molecule has 2 aliphatic rings. The highest BCUT2D eigenvalue weighted by Crippen LogP contribution is 2.29.